The number of aryl methyl sites for hydroxylation is 1. The minimum absolute atomic E-state index is 0.0536. The van der Waals surface area contributed by atoms with Crippen LogP contribution in [0.2, 0.25) is 0 Å². The van der Waals surface area contributed by atoms with E-state index in [1.54, 1.807) is 6.07 Å². The zero-order valence-electron chi connectivity index (χ0n) is 21.3. The van der Waals surface area contributed by atoms with Crippen LogP contribution in [-0.4, -0.2) is 48.6 Å². The molecule has 2 saturated heterocycles. The smallest absolute Gasteiger partial charge is 0.126 e. The van der Waals surface area contributed by atoms with Crippen molar-refractivity contribution in [2.24, 2.45) is 5.41 Å². The molecular formula is C30H42FN3. The molecule has 1 atom stereocenters. The van der Waals surface area contributed by atoms with E-state index in [0.717, 1.165) is 43.7 Å². The highest BCUT2D eigenvalue weighted by atomic mass is 19.1. The van der Waals surface area contributed by atoms with Crippen LogP contribution in [0, 0.1) is 11.2 Å². The molecule has 0 aromatic heterocycles. The summed E-state index contributed by atoms with van der Waals surface area (Å²) in [6.07, 6.45) is 6.15. The van der Waals surface area contributed by atoms with E-state index in [2.05, 4.69) is 59.3 Å². The highest BCUT2D eigenvalue weighted by Gasteiger charge is 2.49. The summed E-state index contributed by atoms with van der Waals surface area (Å²) in [4.78, 5) is 5.39. The number of halogens is 1. The number of piperazine rings is 1. The summed E-state index contributed by atoms with van der Waals surface area (Å²) in [5.74, 6) is 0.461. The first-order chi connectivity index (χ1) is 16.5. The van der Waals surface area contributed by atoms with Gasteiger partial charge in [0.25, 0.3) is 0 Å². The van der Waals surface area contributed by atoms with Crippen LogP contribution in [0.4, 0.5) is 4.39 Å². The van der Waals surface area contributed by atoms with E-state index in [1.807, 2.05) is 13.0 Å². The van der Waals surface area contributed by atoms with Crippen molar-refractivity contribution in [2.45, 2.75) is 77.4 Å². The average molecular weight is 464 g/mol. The summed E-state index contributed by atoms with van der Waals surface area (Å²) in [5.41, 5.74) is 5.48. The maximum Gasteiger partial charge on any atom is 0.126 e. The van der Waals surface area contributed by atoms with Crippen LogP contribution in [-0.2, 0) is 13.0 Å². The van der Waals surface area contributed by atoms with Crippen LogP contribution in [0.5, 0.6) is 0 Å². The fourth-order valence-electron chi connectivity index (χ4n) is 6.83. The van der Waals surface area contributed by atoms with Gasteiger partial charge < -0.3 is 5.32 Å². The summed E-state index contributed by atoms with van der Waals surface area (Å²) in [7, 11) is 0. The lowest BCUT2D eigenvalue weighted by molar-refractivity contribution is -0.0650. The van der Waals surface area contributed by atoms with E-state index in [-0.39, 0.29) is 5.82 Å². The van der Waals surface area contributed by atoms with Crippen LogP contribution in [0.25, 0.3) is 0 Å². The predicted octanol–water partition coefficient (Wildman–Crippen LogP) is 5.90. The molecule has 0 bridgehead atoms. The summed E-state index contributed by atoms with van der Waals surface area (Å²) in [6.45, 7) is 13.0. The highest BCUT2D eigenvalue weighted by molar-refractivity contribution is 5.34. The zero-order chi connectivity index (χ0) is 23.7. The van der Waals surface area contributed by atoms with E-state index in [0.29, 0.717) is 23.4 Å². The van der Waals surface area contributed by atoms with Crippen LogP contribution >= 0.6 is 0 Å². The van der Waals surface area contributed by atoms with Crippen LogP contribution in [0.15, 0.2) is 42.5 Å². The molecule has 2 aromatic rings. The van der Waals surface area contributed by atoms with Crippen molar-refractivity contribution in [3.05, 3.63) is 70.5 Å². The van der Waals surface area contributed by atoms with Crippen LogP contribution in [0.1, 0.15) is 80.7 Å². The number of benzene rings is 2. The van der Waals surface area contributed by atoms with E-state index < -0.39 is 0 Å². The molecule has 1 saturated carbocycles. The van der Waals surface area contributed by atoms with Crippen molar-refractivity contribution >= 4 is 0 Å². The first-order valence-electron chi connectivity index (χ1n) is 13.5. The highest BCUT2D eigenvalue weighted by Crippen LogP contribution is 2.52. The summed E-state index contributed by atoms with van der Waals surface area (Å²) in [5, 5.41) is 3.55. The zero-order valence-corrected chi connectivity index (χ0v) is 21.3. The Balaban J connectivity index is 1.36. The Labute approximate surface area is 205 Å². The molecular weight excluding hydrogens is 421 g/mol. The number of hydrogen-bond acceptors (Lipinski definition) is 3. The largest absolute Gasteiger partial charge is 0.317 e. The van der Waals surface area contributed by atoms with Crippen molar-refractivity contribution < 1.29 is 4.39 Å². The fourth-order valence-corrected chi connectivity index (χ4v) is 6.83. The molecule has 0 radical (unpaired) electrons. The maximum absolute atomic E-state index is 14.5. The second-order valence-corrected chi connectivity index (χ2v) is 11.4. The minimum atomic E-state index is -0.0536. The molecule has 2 aromatic carbocycles. The number of nitrogens with zero attached hydrogens (tertiary/aromatic N) is 2. The number of hydrogen-bond donors (Lipinski definition) is 1. The Morgan fingerprint density at radius 2 is 1.82 bits per heavy atom. The molecule has 3 aliphatic rings. The fraction of sp³-hybridized carbons (Fsp3) is 0.600. The molecule has 1 unspecified atom stereocenters. The van der Waals surface area contributed by atoms with Gasteiger partial charge in [-0.1, -0.05) is 57.2 Å². The number of rotatable bonds is 6. The van der Waals surface area contributed by atoms with Crippen molar-refractivity contribution in [3.8, 4) is 0 Å². The summed E-state index contributed by atoms with van der Waals surface area (Å²) < 4.78 is 14.5. The monoisotopic (exact) mass is 463 g/mol. The topological polar surface area (TPSA) is 18.5 Å². The third-order valence-corrected chi connectivity index (χ3v) is 8.86. The number of piperidine rings is 1. The number of nitrogens with one attached hydrogen (secondary N) is 1. The molecule has 0 amide bonds. The van der Waals surface area contributed by atoms with E-state index in [1.165, 1.54) is 49.9 Å². The molecule has 4 heteroatoms. The Kier molecular flexibility index (Phi) is 7.11. The van der Waals surface area contributed by atoms with Crippen molar-refractivity contribution in [1.29, 1.82) is 0 Å². The van der Waals surface area contributed by atoms with Crippen LogP contribution < -0.4 is 5.32 Å². The van der Waals surface area contributed by atoms with Gasteiger partial charge in [0.2, 0.25) is 0 Å². The second kappa shape index (κ2) is 10.1. The van der Waals surface area contributed by atoms with Gasteiger partial charge in [0.15, 0.2) is 0 Å². The first-order valence-corrected chi connectivity index (χ1v) is 13.5. The third-order valence-electron chi connectivity index (χ3n) is 8.86. The van der Waals surface area contributed by atoms with Crippen molar-refractivity contribution in [1.82, 2.24) is 15.1 Å². The Morgan fingerprint density at radius 3 is 2.53 bits per heavy atom. The molecule has 2 heterocycles. The van der Waals surface area contributed by atoms with E-state index >= 15 is 0 Å². The predicted molar refractivity (Wildman–Crippen MR) is 139 cm³/mol. The first kappa shape index (κ1) is 24.0. The molecule has 5 rings (SSSR count). The van der Waals surface area contributed by atoms with Crippen molar-refractivity contribution in [3.63, 3.8) is 0 Å². The van der Waals surface area contributed by atoms with Gasteiger partial charge in [-0.3, -0.25) is 9.80 Å². The van der Waals surface area contributed by atoms with Crippen LogP contribution in [0.3, 0.4) is 0 Å². The van der Waals surface area contributed by atoms with Gasteiger partial charge in [-0.25, -0.2) is 4.39 Å². The minimum Gasteiger partial charge on any atom is -0.317 e. The summed E-state index contributed by atoms with van der Waals surface area (Å²) >= 11 is 0. The normalized spacial score (nSPS) is 24.0. The molecule has 1 N–H and O–H groups in total. The van der Waals surface area contributed by atoms with Gasteiger partial charge in [0, 0.05) is 38.3 Å². The SMILES string of the molecule is CCc1ccc(CN2CCN(C3CC4(CCNCC4)C3)C(c3ccccc3C(C)C)C2)cc1F. The van der Waals surface area contributed by atoms with Gasteiger partial charge >= 0.3 is 0 Å². The van der Waals surface area contributed by atoms with Gasteiger partial charge in [-0.05, 0) is 84.8 Å². The Morgan fingerprint density at radius 1 is 1.06 bits per heavy atom. The lowest BCUT2D eigenvalue weighted by Gasteiger charge is -2.57. The van der Waals surface area contributed by atoms with Gasteiger partial charge in [0.05, 0.1) is 0 Å². The molecule has 2 aliphatic heterocycles. The quantitative estimate of drug-likeness (QED) is 0.575. The maximum atomic E-state index is 14.5. The second-order valence-electron chi connectivity index (χ2n) is 11.4. The third kappa shape index (κ3) is 4.82. The van der Waals surface area contributed by atoms with E-state index in [9.17, 15) is 4.39 Å². The average Bonchev–Trinajstić information content (AvgIpc) is 2.83. The molecule has 3 nitrogen and oxygen atoms in total. The molecule has 34 heavy (non-hydrogen) atoms. The van der Waals surface area contributed by atoms with Gasteiger partial charge in [-0.15, -0.1) is 0 Å². The lowest BCUT2D eigenvalue weighted by Crippen LogP contribution is -2.59. The standard InChI is InChI=1S/C30H42FN3/c1-4-24-10-9-23(17-28(24)31)20-33-15-16-34(25-18-30(19-25)11-13-32-14-12-30)29(21-33)27-8-6-5-7-26(27)22(2)3/h5-10,17,22,25,29,32H,4,11-16,18-21H2,1-3H3. The molecule has 1 aliphatic carbocycles. The van der Waals surface area contributed by atoms with Gasteiger partial charge in [0.1, 0.15) is 5.82 Å². The molecule has 184 valence electrons. The molecule has 3 fully saturated rings. The lowest BCUT2D eigenvalue weighted by atomic mass is 9.60. The van der Waals surface area contributed by atoms with Gasteiger partial charge in [-0.2, -0.15) is 0 Å². The Bertz CT molecular complexity index is 973. The Hall–Kier alpha value is -1.75. The van der Waals surface area contributed by atoms with Crippen molar-refractivity contribution in [2.75, 3.05) is 32.7 Å². The molecule has 1 spiro atoms. The van der Waals surface area contributed by atoms with E-state index in [4.69, 9.17) is 0 Å². The summed E-state index contributed by atoms with van der Waals surface area (Å²) in [6, 6.07) is 16.1.